The Bertz CT molecular complexity index is 99.2. The molecule has 0 saturated heterocycles. The smallest absolute Gasteiger partial charge is 0.00232 e. The Morgan fingerprint density at radius 1 is 1.08 bits per heavy atom. The highest BCUT2D eigenvalue weighted by Gasteiger charge is 2.11. The van der Waals surface area contributed by atoms with Crippen molar-refractivity contribution in [2.75, 3.05) is 13.1 Å². The summed E-state index contributed by atoms with van der Waals surface area (Å²) in [7, 11) is 0. The molecule has 1 unspecified atom stereocenters. The highest BCUT2D eigenvalue weighted by atomic mass is 14.8. The van der Waals surface area contributed by atoms with E-state index in [1.165, 1.54) is 13.0 Å². The zero-order chi connectivity index (χ0) is 9.56. The fourth-order valence-electron chi connectivity index (χ4n) is 1.38. The van der Waals surface area contributed by atoms with Crippen molar-refractivity contribution < 1.29 is 0 Å². The molecule has 0 fully saturated rings. The predicted octanol–water partition coefficient (Wildman–Crippen LogP) is 2.91. The second kappa shape index (κ2) is 6.47. The van der Waals surface area contributed by atoms with Crippen LogP contribution >= 0.6 is 0 Å². The molecule has 1 heteroatoms. The van der Waals surface area contributed by atoms with Crippen molar-refractivity contribution in [3.8, 4) is 0 Å². The second-order valence-electron chi connectivity index (χ2n) is 4.37. The lowest BCUT2D eigenvalue weighted by Gasteiger charge is -2.20. The third-order valence-corrected chi connectivity index (χ3v) is 2.66. The van der Waals surface area contributed by atoms with E-state index in [1.54, 1.807) is 0 Å². The van der Waals surface area contributed by atoms with Crippen molar-refractivity contribution in [3.05, 3.63) is 0 Å². The van der Waals surface area contributed by atoms with Gasteiger partial charge in [0, 0.05) is 0 Å². The molecule has 0 spiro atoms. The maximum Gasteiger partial charge on any atom is -0.00232 e. The largest absolute Gasteiger partial charge is 0.317 e. The van der Waals surface area contributed by atoms with Crippen LogP contribution in [0.3, 0.4) is 0 Å². The van der Waals surface area contributed by atoms with Crippen molar-refractivity contribution in [3.63, 3.8) is 0 Å². The molecular formula is C11H25N. The lowest BCUT2D eigenvalue weighted by Crippen LogP contribution is -2.22. The van der Waals surface area contributed by atoms with Gasteiger partial charge in [0.05, 0.1) is 0 Å². The molecule has 74 valence electrons. The van der Waals surface area contributed by atoms with Gasteiger partial charge in [-0.25, -0.2) is 0 Å². The van der Waals surface area contributed by atoms with E-state index in [0.29, 0.717) is 0 Å². The summed E-state index contributed by atoms with van der Waals surface area (Å²) in [4.78, 5) is 0. The van der Waals surface area contributed by atoms with Crippen LogP contribution in [0.2, 0.25) is 0 Å². The Morgan fingerprint density at radius 3 is 2.08 bits per heavy atom. The fraction of sp³-hybridized carbons (Fsp3) is 1.00. The summed E-state index contributed by atoms with van der Waals surface area (Å²) in [5.41, 5.74) is 0. The number of hydrogen-bond acceptors (Lipinski definition) is 1. The Morgan fingerprint density at radius 2 is 1.67 bits per heavy atom. The van der Waals surface area contributed by atoms with Gasteiger partial charge in [-0.15, -0.1) is 0 Å². The summed E-state index contributed by atoms with van der Waals surface area (Å²) in [6.45, 7) is 13.7. The number of nitrogens with one attached hydrogen (secondary N) is 1. The quantitative estimate of drug-likeness (QED) is 0.648. The first-order chi connectivity index (χ1) is 5.57. The molecule has 1 N–H and O–H groups in total. The monoisotopic (exact) mass is 171 g/mol. The van der Waals surface area contributed by atoms with Crippen LogP contribution in [0.15, 0.2) is 0 Å². The third-order valence-electron chi connectivity index (χ3n) is 2.66. The van der Waals surface area contributed by atoms with Gasteiger partial charge in [-0.2, -0.15) is 0 Å². The lowest BCUT2D eigenvalue weighted by molar-refractivity contribution is 0.325. The molecule has 12 heavy (non-hydrogen) atoms. The van der Waals surface area contributed by atoms with Gasteiger partial charge in [-0.3, -0.25) is 0 Å². The molecule has 0 heterocycles. The van der Waals surface area contributed by atoms with Crippen LogP contribution in [0, 0.1) is 17.8 Å². The fourth-order valence-corrected chi connectivity index (χ4v) is 1.38. The standard InChI is InChI=1S/C11H25N/c1-6-12-8-10(4)7-11(5)9(2)3/h9-12H,6-8H2,1-5H3/t10-,11?/m0/s1. The maximum absolute atomic E-state index is 3.39. The van der Waals surface area contributed by atoms with Crippen molar-refractivity contribution in [1.82, 2.24) is 5.32 Å². The van der Waals surface area contributed by atoms with Gasteiger partial charge in [0.2, 0.25) is 0 Å². The second-order valence-corrected chi connectivity index (χ2v) is 4.37. The summed E-state index contributed by atoms with van der Waals surface area (Å²) < 4.78 is 0. The van der Waals surface area contributed by atoms with Crippen LogP contribution in [-0.4, -0.2) is 13.1 Å². The van der Waals surface area contributed by atoms with Crippen LogP contribution in [-0.2, 0) is 0 Å². The van der Waals surface area contributed by atoms with Gasteiger partial charge in [0.1, 0.15) is 0 Å². The molecule has 0 aromatic rings. The highest BCUT2D eigenvalue weighted by Crippen LogP contribution is 2.18. The van der Waals surface area contributed by atoms with Gasteiger partial charge in [-0.1, -0.05) is 34.6 Å². The minimum Gasteiger partial charge on any atom is -0.317 e. The maximum atomic E-state index is 3.39. The molecular weight excluding hydrogens is 146 g/mol. The van der Waals surface area contributed by atoms with Crippen molar-refractivity contribution >= 4 is 0 Å². The van der Waals surface area contributed by atoms with E-state index < -0.39 is 0 Å². The number of rotatable bonds is 6. The van der Waals surface area contributed by atoms with E-state index in [-0.39, 0.29) is 0 Å². The summed E-state index contributed by atoms with van der Waals surface area (Å²) in [5.74, 6) is 2.51. The average molecular weight is 171 g/mol. The first kappa shape index (κ1) is 12.0. The van der Waals surface area contributed by atoms with E-state index in [9.17, 15) is 0 Å². The van der Waals surface area contributed by atoms with Crippen molar-refractivity contribution in [1.29, 1.82) is 0 Å². The van der Waals surface area contributed by atoms with Crippen LogP contribution in [0.1, 0.15) is 41.0 Å². The SMILES string of the molecule is CCNC[C@@H](C)CC(C)C(C)C. The molecule has 0 amide bonds. The molecule has 0 aromatic heterocycles. The van der Waals surface area contributed by atoms with Crippen molar-refractivity contribution in [2.45, 2.75) is 41.0 Å². The van der Waals surface area contributed by atoms with E-state index in [2.05, 4.69) is 39.9 Å². The molecule has 1 nitrogen and oxygen atoms in total. The van der Waals surface area contributed by atoms with Crippen LogP contribution < -0.4 is 5.32 Å². The van der Waals surface area contributed by atoms with Crippen LogP contribution in [0.25, 0.3) is 0 Å². The van der Waals surface area contributed by atoms with Gasteiger partial charge in [0.25, 0.3) is 0 Å². The van der Waals surface area contributed by atoms with Gasteiger partial charge < -0.3 is 5.32 Å². The van der Waals surface area contributed by atoms with E-state index in [4.69, 9.17) is 0 Å². The topological polar surface area (TPSA) is 12.0 Å². The zero-order valence-corrected chi connectivity index (χ0v) is 9.35. The molecule has 0 bridgehead atoms. The van der Waals surface area contributed by atoms with E-state index in [0.717, 1.165) is 24.3 Å². The minimum atomic E-state index is 0.822. The van der Waals surface area contributed by atoms with E-state index in [1.807, 2.05) is 0 Å². The van der Waals surface area contributed by atoms with Gasteiger partial charge >= 0.3 is 0 Å². The molecule has 0 radical (unpaired) electrons. The first-order valence-electron chi connectivity index (χ1n) is 5.28. The van der Waals surface area contributed by atoms with Crippen LogP contribution in [0.5, 0.6) is 0 Å². The first-order valence-corrected chi connectivity index (χ1v) is 5.28. The Labute approximate surface area is 77.9 Å². The molecule has 0 aromatic carbocycles. The van der Waals surface area contributed by atoms with Crippen molar-refractivity contribution in [2.24, 2.45) is 17.8 Å². The normalized spacial score (nSPS) is 16.5. The molecule has 0 rings (SSSR count). The zero-order valence-electron chi connectivity index (χ0n) is 9.35. The van der Waals surface area contributed by atoms with E-state index >= 15 is 0 Å². The minimum absolute atomic E-state index is 0.822. The Balaban J connectivity index is 3.47. The summed E-state index contributed by atoms with van der Waals surface area (Å²) in [6.07, 6.45) is 1.35. The third kappa shape index (κ3) is 5.59. The molecule has 0 saturated carbocycles. The highest BCUT2D eigenvalue weighted by molar-refractivity contribution is 4.63. The molecule has 2 atom stereocenters. The molecule has 0 aliphatic rings. The van der Waals surface area contributed by atoms with Crippen LogP contribution in [0.4, 0.5) is 0 Å². The summed E-state index contributed by atoms with van der Waals surface area (Å²) in [6, 6.07) is 0. The Kier molecular flexibility index (Phi) is 6.45. The average Bonchev–Trinajstić information content (AvgIpc) is 2.00. The van der Waals surface area contributed by atoms with Gasteiger partial charge in [-0.05, 0) is 37.3 Å². The Hall–Kier alpha value is -0.0400. The summed E-state index contributed by atoms with van der Waals surface area (Å²) in [5, 5.41) is 3.39. The summed E-state index contributed by atoms with van der Waals surface area (Å²) >= 11 is 0. The lowest BCUT2D eigenvalue weighted by atomic mass is 9.89. The number of hydrogen-bond donors (Lipinski definition) is 1. The molecule has 0 aliphatic carbocycles. The molecule has 0 aliphatic heterocycles. The predicted molar refractivity (Wildman–Crippen MR) is 56.3 cm³/mol. The van der Waals surface area contributed by atoms with Gasteiger partial charge in [0.15, 0.2) is 0 Å².